The Labute approximate surface area is 134 Å². The first kappa shape index (κ1) is 17.7. The Morgan fingerprint density at radius 2 is 1.62 bits per heavy atom. The molecular weight excluding hydrogens is 329 g/mol. The largest absolute Gasteiger partial charge is 0.417 e. The summed E-state index contributed by atoms with van der Waals surface area (Å²) in [5.74, 6) is -3.33. The lowest BCUT2D eigenvalue weighted by Crippen LogP contribution is -2.26. The van der Waals surface area contributed by atoms with Gasteiger partial charge in [-0.2, -0.15) is 13.2 Å². The van der Waals surface area contributed by atoms with E-state index in [9.17, 15) is 26.7 Å². The van der Waals surface area contributed by atoms with Crippen LogP contribution < -0.4 is 4.90 Å². The number of benzene rings is 2. The number of hydrogen-bond donors (Lipinski definition) is 0. The molecule has 0 saturated heterocycles. The van der Waals surface area contributed by atoms with Gasteiger partial charge in [-0.05, 0) is 17.7 Å². The number of halogens is 5. The molecule has 0 radical (unpaired) electrons. The summed E-state index contributed by atoms with van der Waals surface area (Å²) in [5.41, 5.74) is -1.36. The van der Waals surface area contributed by atoms with Crippen LogP contribution in [0.3, 0.4) is 0 Å². The predicted octanol–water partition coefficient (Wildman–Crippen LogP) is 4.57. The number of carbonyl (C=O) groups excluding carboxylic acids is 1. The van der Waals surface area contributed by atoms with Gasteiger partial charge in [0.15, 0.2) is 11.6 Å². The van der Waals surface area contributed by atoms with E-state index < -0.39 is 29.3 Å². The van der Waals surface area contributed by atoms with Gasteiger partial charge in [0.25, 0.3) is 5.91 Å². The van der Waals surface area contributed by atoms with Crippen LogP contribution in [0.15, 0.2) is 54.6 Å². The first-order chi connectivity index (χ1) is 11.2. The number of anilines is 1. The van der Waals surface area contributed by atoms with Crippen LogP contribution >= 0.6 is 0 Å². The molecule has 1 amide bonds. The van der Waals surface area contributed by atoms with E-state index in [1.807, 2.05) is 0 Å². The molecule has 24 heavy (non-hydrogen) atoms. The van der Waals surface area contributed by atoms with Gasteiger partial charge in [-0.1, -0.05) is 30.3 Å². The van der Waals surface area contributed by atoms with Gasteiger partial charge >= 0.3 is 6.18 Å². The summed E-state index contributed by atoms with van der Waals surface area (Å²) in [6.45, 7) is 0. The van der Waals surface area contributed by atoms with Gasteiger partial charge in [-0.15, -0.1) is 0 Å². The van der Waals surface area contributed by atoms with E-state index in [0.717, 1.165) is 23.1 Å². The van der Waals surface area contributed by atoms with Crippen molar-refractivity contribution in [1.82, 2.24) is 0 Å². The highest BCUT2D eigenvalue weighted by Crippen LogP contribution is 2.34. The molecule has 7 heteroatoms. The summed E-state index contributed by atoms with van der Waals surface area (Å²) >= 11 is 0. The molecule has 0 aliphatic rings. The molecule has 0 heterocycles. The quantitative estimate of drug-likeness (QED) is 0.591. The van der Waals surface area contributed by atoms with Crippen LogP contribution in [-0.4, -0.2) is 19.1 Å². The molecule has 2 aromatic rings. The number of carbonyl (C=O) groups is 1. The van der Waals surface area contributed by atoms with Crippen molar-refractivity contribution in [1.29, 1.82) is 0 Å². The summed E-state index contributed by atoms with van der Waals surface area (Å²) in [6.07, 6.45) is -4.32. The standard InChI is InChI=1S/C17H12F5NO/c1-23(12-7-8-14(18)15(19)9-12)16(24)10-13(17(20,21)22)11-5-3-2-4-6-11/h2-10H,1H3/b13-10-. The van der Waals surface area contributed by atoms with Crippen LogP contribution in [0.2, 0.25) is 0 Å². The Balaban J connectivity index is 2.38. The van der Waals surface area contributed by atoms with E-state index in [4.69, 9.17) is 0 Å². The Hall–Kier alpha value is -2.70. The van der Waals surface area contributed by atoms with Crippen molar-refractivity contribution in [2.24, 2.45) is 0 Å². The van der Waals surface area contributed by atoms with Crippen molar-refractivity contribution in [2.75, 3.05) is 11.9 Å². The number of allylic oxidation sites excluding steroid dienone is 1. The molecule has 0 aromatic heterocycles. The molecule has 0 unspecified atom stereocenters. The second kappa shape index (κ2) is 6.82. The Bertz CT molecular complexity index is 768. The van der Waals surface area contributed by atoms with Crippen LogP contribution in [0.1, 0.15) is 5.56 Å². The number of nitrogens with zero attached hydrogens (tertiary/aromatic N) is 1. The van der Waals surface area contributed by atoms with E-state index in [-0.39, 0.29) is 11.3 Å². The predicted molar refractivity (Wildman–Crippen MR) is 80.2 cm³/mol. The lowest BCUT2D eigenvalue weighted by molar-refractivity contribution is -0.114. The van der Waals surface area contributed by atoms with Crippen LogP contribution in [-0.2, 0) is 4.79 Å². The minimum absolute atomic E-state index is 0.0651. The van der Waals surface area contributed by atoms with Crippen molar-refractivity contribution >= 4 is 17.2 Å². The first-order valence-electron chi connectivity index (χ1n) is 6.77. The summed E-state index contributed by atoms with van der Waals surface area (Å²) in [6, 6.07) is 9.45. The fourth-order valence-corrected chi connectivity index (χ4v) is 1.99. The zero-order valence-corrected chi connectivity index (χ0v) is 12.4. The maximum atomic E-state index is 13.2. The lowest BCUT2D eigenvalue weighted by atomic mass is 10.0. The molecule has 126 valence electrons. The highest BCUT2D eigenvalue weighted by atomic mass is 19.4. The minimum Gasteiger partial charge on any atom is -0.312 e. The third-order valence-electron chi connectivity index (χ3n) is 3.28. The zero-order chi connectivity index (χ0) is 17.9. The molecule has 0 aliphatic carbocycles. The monoisotopic (exact) mass is 341 g/mol. The second-order valence-electron chi connectivity index (χ2n) is 4.92. The first-order valence-corrected chi connectivity index (χ1v) is 6.77. The molecule has 0 N–H and O–H groups in total. The third kappa shape index (κ3) is 3.98. The highest BCUT2D eigenvalue weighted by Gasteiger charge is 2.35. The fourth-order valence-electron chi connectivity index (χ4n) is 1.99. The van der Waals surface area contributed by atoms with E-state index in [2.05, 4.69) is 0 Å². The van der Waals surface area contributed by atoms with Crippen LogP contribution in [0.5, 0.6) is 0 Å². The molecule has 0 atom stereocenters. The van der Waals surface area contributed by atoms with Crippen molar-refractivity contribution in [3.8, 4) is 0 Å². The van der Waals surface area contributed by atoms with Gasteiger partial charge in [0.1, 0.15) is 0 Å². The molecular formula is C17H12F5NO. The van der Waals surface area contributed by atoms with E-state index >= 15 is 0 Å². The molecule has 2 nitrogen and oxygen atoms in total. The average molecular weight is 341 g/mol. The van der Waals surface area contributed by atoms with Crippen molar-refractivity contribution in [3.63, 3.8) is 0 Å². The molecule has 0 aliphatic heterocycles. The molecule has 2 rings (SSSR count). The van der Waals surface area contributed by atoms with E-state index in [0.29, 0.717) is 6.08 Å². The van der Waals surface area contributed by atoms with Crippen LogP contribution in [0, 0.1) is 11.6 Å². The summed E-state index contributed by atoms with van der Waals surface area (Å²) in [4.78, 5) is 12.9. The molecule has 0 bridgehead atoms. The summed E-state index contributed by atoms with van der Waals surface area (Å²) < 4.78 is 65.7. The smallest absolute Gasteiger partial charge is 0.312 e. The zero-order valence-electron chi connectivity index (χ0n) is 12.4. The lowest BCUT2D eigenvalue weighted by Gasteiger charge is -2.18. The van der Waals surface area contributed by atoms with Gasteiger partial charge in [0, 0.05) is 24.9 Å². The highest BCUT2D eigenvalue weighted by molar-refractivity contribution is 6.05. The fraction of sp³-hybridized carbons (Fsp3) is 0.118. The maximum Gasteiger partial charge on any atom is 0.417 e. The van der Waals surface area contributed by atoms with E-state index in [1.54, 1.807) is 6.07 Å². The van der Waals surface area contributed by atoms with Crippen LogP contribution in [0.25, 0.3) is 5.57 Å². The minimum atomic E-state index is -4.74. The number of alkyl halides is 3. The van der Waals surface area contributed by atoms with Crippen LogP contribution in [0.4, 0.5) is 27.6 Å². The summed E-state index contributed by atoms with van der Waals surface area (Å²) in [5, 5.41) is 0. The molecule has 0 spiro atoms. The van der Waals surface area contributed by atoms with Gasteiger partial charge in [0.2, 0.25) is 0 Å². The normalized spacial score (nSPS) is 12.2. The molecule has 2 aromatic carbocycles. The molecule has 0 saturated carbocycles. The second-order valence-corrected chi connectivity index (χ2v) is 4.92. The van der Waals surface area contributed by atoms with Gasteiger partial charge in [-0.25, -0.2) is 8.78 Å². The SMILES string of the molecule is CN(C(=O)/C=C(/c1ccccc1)C(F)(F)F)c1ccc(F)c(F)c1. The average Bonchev–Trinajstić information content (AvgIpc) is 2.54. The van der Waals surface area contributed by atoms with Gasteiger partial charge in [-0.3, -0.25) is 4.79 Å². The van der Waals surface area contributed by atoms with Crippen molar-refractivity contribution in [3.05, 3.63) is 71.8 Å². The Morgan fingerprint density at radius 3 is 2.17 bits per heavy atom. The Morgan fingerprint density at radius 1 is 1.00 bits per heavy atom. The van der Waals surface area contributed by atoms with Gasteiger partial charge in [0.05, 0.1) is 5.57 Å². The van der Waals surface area contributed by atoms with Crippen molar-refractivity contribution in [2.45, 2.75) is 6.18 Å². The number of amides is 1. The number of hydrogen-bond acceptors (Lipinski definition) is 1. The summed E-state index contributed by atoms with van der Waals surface area (Å²) in [7, 11) is 1.17. The van der Waals surface area contributed by atoms with Crippen molar-refractivity contribution < 1.29 is 26.7 Å². The Kier molecular flexibility index (Phi) is 5.02. The maximum absolute atomic E-state index is 13.2. The molecule has 0 fully saturated rings. The number of likely N-dealkylation sites (N-methyl/N-ethyl adjacent to an activating group) is 1. The topological polar surface area (TPSA) is 20.3 Å². The van der Waals surface area contributed by atoms with E-state index in [1.165, 1.54) is 31.3 Å². The number of rotatable bonds is 3. The third-order valence-corrected chi connectivity index (χ3v) is 3.28. The van der Waals surface area contributed by atoms with Gasteiger partial charge < -0.3 is 4.90 Å².